The fourth-order valence-corrected chi connectivity index (χ4v) is 1.00. The van der Waals surface area contributed by atoms with Gasteiger partial charge in [0.2, 0.25) is 5.91 Å². The third-order valence-corrected chi connectivity index (χ3v) is 1.81. The molecule has 0 rings (SSSR count). The Kier molecular flexibility index (Phi) is 5.72. The minimum Gasteiger partial charge on any atom is -0.349 e. The van der Waals surface area contributed by atoms with Gasteiger partial charge in [-0.2, -0.15) is 0 Å². The van der Waals surface area contributed by atoms with Crippen LogP contribution in [0.2, 0.25) is 0 Å². The van der Waals surface area contributed by atoms with Crippen LogP contribution in [0.25, 0.3) is 0 Å². The first-order valence-corrected chi connectivity index (χ1v) is 4.46. The van der Waals surface area contributed by atoms with E-state index in [4.69, 9.17) is 0 Å². The zero-order chi connectivity index (χ0) is 9.56. The fraction of sp³-hybridized carbons (Fsp3) is 0.889. The van der Waals surface area contributed by atoms with Crippen LogP contribution < -0.4 is 0 Å². The van der Waals surface area contributed by atoms with Crippen molar-refractivity contribution in [3.05, 3.63) is 0 Å². The molecule has 0 heterocycles. The topological polar surface area (TPSA) is 23.6 Å². The van der Waals surface area contributed by atoms with Gasteiger partial charge in [0.05, 0.1) is 0 Å². The van der Waals surface area contributed by atoms with Crippen LogP contribution in [0.5, 0.6) is 0 Å². The molecule has 0 saturated carbocycles. The predicted molar refractivity (Wildman–Crippen MR) is 51.1 cm³/mol. The molecule has 0 aromatic rings. The Balaban J connectivity index is 3.47. The SMILES string of the molecule is CCCN(C)CCC(=O)N(C)C. The monoisotopic (exact) mass is 172 g/mol. The second kappa shape index (κ2) is 6.00. The van der Waals surface area contributed by atoms with E-state index in [1.807, 2.05) is 7.05 Å². The Hall–Kier alpha value is -0.570. The Morgan fingerprint density at radius 3 is 2.17 bits per heavy atom. The van der Waals surface area contributed by atoms with E-state index in [9.17, 15) is 4.79 Å². The van der Waals surface area contributed by atoms with Gasteiger partial charge < -0.3 is 9.80 Å². The predicted octanol–water partition coefficient (Wildman–Crippen LogP) is 0.806. The van der Waals surface area contributed by atoms with E-state index < -0.39 is 0 Å². The summed E-state index contributed by atoms with van der Waals surface area (Å²) in [5.74, 6) is 0.206. The molecule has 3 heteroatoms. The minimum absolute atomic E-state index is 0.206. The van der Waals surface area contributed by atoms with E-state index in [1.165, 1.54) is 0 Å². The number of rotatable bonds is 5. The summed E-state index contributed by atoms with van der Waals surface area (Å²) in [5.41, 5.74) is 0. The van der Waals surface area contributed by atoms with Crippen LogP contribution in [-0.4, -0.2) is 49.9 Å². The molecular formula is C9H20N2O. The number of carbonyl (C=O) groups excluding carboxylic acids is 1. The van der Waals surface area contributed by atoms with Crippen molar-refractivity contribution in [2.45, 2.75) is 19.8 Å². The van der Waals surface area contributed by atoms with E-state index >= 15 is 0 Å². The maximum absolute atomic E-state index is 11.2. The van der Waals surface area contributed by atoms with Crippen molar-refractivity contribution in [3.63, 3.8) is 0 Å². The smallest absolute Gasteiger partial charge is 0.223 e. The van der Waals surface area contributed by atoms with E-state index in [-0.39, 0.29) is 5.91 Å². The fourth-order valence-electron chi connectivity index (χ4n) is 1.00. The second-order valence-corrected chi connectivity index (χ2v) is 3.34. The first kappa shape index (κ1) is 11.4. The Bertz CT molecular complexity index is 134. The molecule has 3 nitrogen and oxygen atoms in total. The highest BCUT2D eigenvalue weighted by Gasteiger charge is 2.04. The van der Waals surface area contributed by atoms with Crippen molar-refractivity contribution >= 4 is 5.91 Å². The summed E-state index contributed by atoms with van der Waals surface area (Å²) in [6.45, 7) is 4.08. The molecule has 0 aliphatic carbocycles. The molecule has 0 aromatic heterocycles. The van der Waals surface area contributed by atoms with Crippen LogP contribution in [0.3, 0.4) is 0 Å². The third-order valence-electron chi connectivity index (χ3n) is 1.81. The summed E-state index contributed by atoms with van der Waals surface area (Å²) >= 11 is 0. The molecule has 0 spiro atoms. The lowest BCUT2D eigenvalue weighted by molar-refractivity contribution is -0.128. The Labute approximate surface area is 75.3 Å². The van der Waals surface area contributed by atoms with Crippen LogP contribution in [0.4, 0.5) is 0 Å². The molecular weight excluding hydrogens is 152 g/mol. The largest absolute Gasteiger partial charge is 0.349 e. The van der Waals surface area contributed by atoms with E-state index in [0.717, 1.165) is 19.5 Å². The van der Waals surface area contributed by atoms with Crippen LogP contribution >= 0.6 is 0 Å². The van der Waals surface area contributed by atoms with Gasteiger partial charge in [0.25, 0.3) is 0 Å². The van der Waals surface area contributed by atoms with E-state index in [0.29, 0.717) is 6.42 Å². The molecule has 0 unspecified atom stereocenters. The first-order valence-electron chi connectivity index (χ1n) is 4.46. The molecule has 0 aliphatic heterocycles. The first-order chi connectivity index (χ1) is 5.57. The number of amides is 1. The highest BCUT2D eigenvalue weighted by atomic mass is 16.2. The van der Waals surface area contributed by atoms with E-state index in [2.05, 4.69) is 11.8 Å². The second-order valence-electron chi connectivity index (χ2n) is 3.34. The lowest BCUT2D eigenvalue weighted by Gasteiger charge is -2.16. The Morgan fingerprint density at radius 1 is 1.17 bits per heavy atom. The molecule has 0 fully saturated rings. The van der Waals surface area contributed by atoms with Gasteiger partial charge >= 0.3 is 0 Å². The minimum atomic E-state index is 0.206. The van der Waals surface area contributed by atoms with Gasteiger partial charge in [-0.3, -0.25) is 4.79 Å². The average Bonchev–Trinajstić information content (AvgIpc) is 2.00. The van der Waals surface area contributed by atoms with Gasteiger partial charge in [-0.15, -0.1) is 0 Å². The molecule has 1 amide bonds. The van der Waals surface area contributed by atoms with Gasteiger partial charge in [-0.1, -0.05) is 6.92 Å². The summed E-state index contributed by atoms with van der Waals surface area (Å²) < 4.78 is 0. The van der Waals surface area contributed by atoms with Crippen LogP contribution in [-0.2, 0) is 4.79 Å². The van der Waals surface area contributed by atoms with Crippen molar-refractivity contribution < 1.29 is 4.79 Å². The summed E-state index contributed by atoms with van der Waals surface area (Å²) in [6, 6.07) is 0. The van der Waals surface area contributed by atoms with Crippen molar-refractivity contribution in [2.75, 3.05) is 34.2 Å². The molecule has 0 aromatic carbocycles. The lowest BCUT2D eigenvalue weighted by atomic mass is 10.3. The van der Waals surface area contributed by atoms with Gasteiger partial charge in [0.15, 0.2) is 0 Å². The molecule has 12 heavy (non-hydrogen) atoms. The molecule has 0 bridgehead atoms. The molecule has 72 valence electrons. The van der Waals surface area contributed by atoms with Crippen molar-refractivity contribution in [1.29, 1.82) is 0 Å². The van der Waals surface area contributed by atoms with Crippen LogP contribution in [0, 0.1) is 0 Å². The Morgan fingerprint density at radius 2 is 1.75 bits per heavy atom. The van der Waals surface area contributed by atoms with Crippen molar-refractivity contribution in [1.82, 2.24) is 9.80 Å². The molecule has 0 saturated heterocycles. The van der Waals surface area contributed by atoms with Crippen molar-refractivity contribution in [3.8, 4) is 0 Å². The maximum Gasteiger partial charge on any atom is 0.223 e. The van der Waals surface area contributed by atoms with E-state index in [1.54, 1.807) is 19.0 Å². The normalized spacial score (nSPS) is 10.4. The summed E-state index contributed by atoms with van der Waals surface area (Å²) in [4.78, 5) is 15.0. The van der Waals surface area contributed by atoms with Gasteiger partial charge in [-0.05, 0) is 20.0 Å². The van der Waals surface area contributed by atoms with Crippen LogP contribution in [0.1, 0.15) is 19.8 Å². The molecule has 0 radical (unpaired) electrons. The summed E-state index contributed by atoms with van der Waals surface area (Å²) in [5, 5.41) is 0. The molecule has 0 N–H and O–H groups in total. The lowest BCUT2D eigenvalue weighted by Crippen LogP contribution is -2.28. The zero-order valence-corrected chi connectivity index (χ0v) is 8.63. The molecule has 0 atom stereocenters. The van der Waals surface area contributed by atoms with Gasteiger partial charge in [-0.25, -0.2) is 0 Å². The van der Waals surface area contributed by atoms with Crippen molar-refractivity contribution in [2.24, 2.45) is 0 Å². The average molecular weight is 172 g/mol. The highest BCUT2D eigenvalue weighted by molar-refractivity contribution is 5.75. The van der Waals surface area contributed by atoms with Gasteiger partial charge in [0, 0.05) is 27.1 Å². The standard InChI is InChI=1S/C9H20N2O/c1-5-7-11(4)8-6-9(12)10(2)3/h5-8H2,1-4H3. The quantitative estimate of drug-likeness (QED) is 0.612. The molecule has 0 aliphatic rings. The summed E-state index contributed by atoms with van der Waals surface area (Å²) in [6.07, 6.45) is 1.77. The third kappa shape index (κ3) is 5.13. The van der Waals surface area contributed by atoms with Crippen LogP contribution in [0.15, 0.2) is 0 Å². The number of nitrogens with zero attached hydrogens (tertiary/aromatic N) is 2. The number of hydrogen-bond donors (Lipinski definition) is 0. The number of carbonyl (C=O) groups is 1. The highest BCUT2D eigenvalue weighted by Crippen LogP contribution is 1.92. The van der Waals surface area contributed by atoms with Gasteiger partial charge in [0.1, 0.15) is 0 Å². The maximum atomic E-state index is 11.2. The number of hydrogen-bond acceptors (Lipinski definition) is 2. The zero-order valence-electron chi connectivity index (χ0n) is 8.63. The summed E-state index contributed by atoms with van der Waals surface area (Å²) in [7, 11) is 5.64.